The van der Waals surface area contributed by atoms with Gasteiger partial charge in [-0.2, -0.15) is 0 Å². The number of hydrogen-bond donors (Lipinski definition) is 1. The molecule has 0 radical (unpaired) electrons. The van der Waals surface area contributed by atoms with Crippen LogP contribution in [0.3, 0.4) is 0 Å². The molecule has 1 aromatic heterocycles. The maximum Gasteiger partial charge on any atom is 0.246 e. The minimum atomic E-state index is -0.297. The molecule has 1 amide bonds. The predicted molar refractivity (Wildman–Crippen MR) is 100 cm³/mol. The van der Waals surface area contributed by atoms with Crippen LogP contribution in [0.15, 0.2) is 48.5 Å². The van der Waals surface area contributed by atoms with Crippen LogP contribution in [0.1, 0.15) is 30.1 Å². The maximum absolute atomic E-state index is 13.3. The van der Waals surface area contributed by atoms with Crippen molar-refractivity contribution in [1.29, 1.82) is 0 Å². The Morgan fingerprint density at radius 1 is 1.07 bits per heavy atom. The molecular formula is C21H19F2N3O. The van der Waals surface area contributed by atoms with Crippen molar-refractivity contribution < 1.29 is 13.6 Å². The number of aromatic amines is 1. The number of amides is 1. The molecule has 0 aliphatic carbocycles. The summed E-state index contributed by atoms with van der Waals surface area (Å²) in [7, 11) is 0. The van der Waals surface area contributed by atoms with Crippen LogP contribution < -0.4 is 0 Å². The van der Waals surface area contributed by atoms with Crippen molar-refractivity contribution in [2.45, 2.75) is 18.8 Å². The van der Waals surface area contributed by atoms with Gasteiger partial charge in [0.05, 0.1) is 11.0 Å². The number of benzene rings is 2. The molecule has 0 unspecified atom stereocenters. The summed E-state index contributed by atoms with van der Waals surface area (Å²) in [6.45, 7) is 1.28. The van der Waals surface area contributed by atoms with E-state index in [1.807, 2.05) is 0 Å². The average molecular weight is 367 g/mol. The molecule has 2 heterocycles. The van der Waals surface area contributed by atoms with Crippen LogP contribution >= 0.6 is 0 Å². The fraction of sp³-hybridized carbons (Fsp3) is 0.238. The largest absolute Gasteiger partial charge is 0.342 e. The number of H-pyrrole nitrogens is 1. The molecule has 2 aromatic carbocycles. The van der Waals surface area contributed by atoms with Crippen molar-refractivity contribution >= 4 is 23.0 Å². The van der Waals surface area contributed by atoms with Gasteiger partial charge in [-0.05, 0) is 54.8 Å². The van der Waals surface area contributed by atoms with Gasteiger partial charge in [0.2, 0.25) is 5.91 Å². The van der Waals surface area contributed by atoms with Gasteiger partial charge in [-0.15, -0.1) is 0 Å². The minimum absolute atomic E-state index is 0.0514. The molecule has 4 rings (SSSR count). The standard InChI is InChI=1S/C21H19F2N3O/c22-16-4-1-14(2-5-16)3-8-20(27)26-11-9-15(10-12-26)21-24-18-7-6-17(23)13-19(18)25-21/h1-8,13,15H,9-12H2,(H,24,25)/b8-3+. The van der Waals surface area contributed by atoms with Gasteiger partial charge in [0, 0.05) is 25.1 Å². The van der Waals surface area contributed by atoms with E-state index < -0.39 is 0 Å². The predicted octanol–water partition coefficient (Wildman–Crippen LogP) is 4.26. The van der Waals surface area contributed by atoms with Crippen LogP contribution in [0.2, 0.25) is 0 Å². The fourth-order valence-corrected chi connectivity index (χ4v) is 3.42. The summed E-state index contributed by atoms with van der Waals surface area (Å²) in [6, 6.07) is 10.5. The van der Waals surface area contributed by atoms with Gasteiger partial charge in [0.15, 0.2) is 0 Å². The topological polar surface area (TPSA) is 49.0 Å². The SMILES string of the molecule is O=C(/C=C/c1ccc(F)cc1)N1CCC(c2nc3ccc(F)cc3[nH]2)CC1. The number of likely N-dealkylation sites (tertiary alicyclic amines) is 1. The van der Waals surface area contributed by atoms with E-state index in [2.05, 4.69) is 9.97 Å². The first-order valence-electron chi connectivity index (χ1n) is 8.96. The summed E-state index contributed by atoms with van der Waals surface area (Å²) in [5, 5.41) is 0. The Balaban J connectivity index is 1.37. The molecule has 6 heteroatoms. The van der Waals surface area contributed by atoms with Crippen molar-refractivity contribution in [3.63, 3.8) is 0 Å². The van der Waals surface area contributed by atoms with E-state index in [4.69, 9.17) is 0 Å². The van der Waals surface area contributed by atoms with Gasteiger partial charge in [-0.3, -0.25) is 4.79 Å². The Bertz CT molecular complexity index is 986. The van der Waals surface area contributed by atoms with Gasteiger partial charge in [0.1, 0.15) is 17.5 Å². The first-order valence-corrected chi connectivity index (χ1v) is 8.96. The Kier molecular flexibility index (Phi) is 4.71. The van der Waals surface area contributed by atoms with Gasteiger partial charge < -0.3 is 9.88 Å². The molecule has 1 aliphatic heterocycles. The summed E-state index contributed by atoms with van der Waals surface area (Å²) in [6.07, 6.45) is 4.83. The normalized spacial score (nSPS) is 15.7. The molecule has 1 N–H and O–H groups in total. The summed E-state index contributed by atoms with van der Waals surface area (Å²) in [5.74, 6) is 0.444. The first-order chi connectivity index (χ1) is 13.1. The lowest BCUT2D eigenvalue weighted by Gasteiger charge is -2.30. The first kappa shape index (κ1) is 17.4. The van der Waals surface area contributed by atoms with Gasteiger partial charge >= 0.3 is 0 Å². The number of carbonyl (C=O) groups is 1. The molecule has 138 valence electrons. The highest BCUT2D eigenvalue weighted by atomic mass is 19.1. The highest BCUT2D eigenvalue weighted by Crippen LogP contribution is 2.28. The fourth-order valence-electron chi connectivity index (χ4n) is 3.42. The van der Waals surface area contributed by atoms with Crippen molar-refractivity contribution in [3.05, 3.63) is 71.6 Å². The number of nitrogens with zero attached hydrogens (tertiary/aromatic N) is 2. The molecule has 0 spiro atoms. The second kappa shape index (κ2) is 7.31. The van der Waals surface area contributed by atoms with E-state index >= 15 is 0 Å². The molecule has 0 atom stereocenters. The molecule has 4 nitrogen and oxygen atoms in total. The Morgan fingerprint density at radius 2 is 1.78 bits per heavy atom. The van der Waals surface area contributed by atoms with Crippen molar-refractivity contribution in [2.24, 2.45) is 0 Å². The van der Waals surface area contributed by atoms with E-state index in [9.17, 15) is 13.6 Å². The number of piperidine rings is 1. The third kappa shape index (κ3) is 3.89. The molecule has 0 saturated carbocycles. The zero-order valence-electron chi connectivity index (χ0n) is 14.7. The van der Waals surface area contributed by atoms with Gasteiger partial charge in [0.25, 0.3) is 0 Å². The van der Waals surface area contributed by atoms with E-state index in [1.165, 1.54) is 30.3 Å². The number of imidazole rings is 1. The Morgan fingerprint density at radius 3 is 2.52 bits per heavy atom. The van der Waals surface area contributed by atoms with Crippen LogP contribution in [0, 0.1) is 11.6 Å². The Labute approximate surface area is 155 Å². The third-order valence-corrected chi connectivity index (χ3v) is 4.94. The average Bonchev–Trinajstić information content (AvgIpc) is 3.10. The summed E-state index contributed by atoms with van der Waals surface area (Å²) in [5.41, 5.74) is 2.24. The maximum atomic E-state index is 13.3. The number of halogens is 2. The number of rotatable bonds is 3. The second-order valence-electron chi connectivity index (χ2n) is 6.77. The van der Waals surface area contributed by atoms with Crippen LogP contribution in [-0.4, -0.2) is 33.9 Å². The summed E-state index contributed by atoms with van der Waals surface area (Å²) in [4.78, 5) is 21.9. The van der Waals surface area contributed by atoms with Crippen molar-refractivity contribution in [1.82, 2.24) is 14.9 Å². The summed E-state index contributed by atoms with van der Waals surface area (Å²) >= 11 is 0. The number of hydrogen-bond acceptors (Lipinski definition) is 2. The highest BCUT2D eigenvalue weighted by molar-refractivity contribution is 5.91. The number of nitrogens with one attached hydrogen (secondary N) is 1. The quantitative estimate of drug-likeness (QED) is 0.703. The lowest BCUT2D eigenvalue weighted by molar-refractivity contribution is -0.127. The van der Waals surface area contributed by atoms with E-state index in [-0.39, 0.29) is 23.5 Å². The van der Waals surface area contributed by atoms with Gasteiger partial charge in [-0.25, -0.2) is 13.8 Å². The number of fused-ring (bicyclic) bond motifs is 1. The molecule has 0 bridgehead atoms. The van der Waals surface area contributed by atoms with Crippen LogP contribution in [0.4, 0.5) is 8.78 Å². The lowest BCUT2D eigenvalue weighted by Crippen LogP contribution is -2.37. The smallest absolute Gasteiger partial charge is 0.246 e. The number of carbonyl (C=O) groups excluding carboxylic acids is 1. The summed E-state index contributed by atoms with van der Waals surface area (Å²) < 4.78 is 26.2. The molecule has 1 aliphatic rings. The molecule has 3 aromatic rings. The van der Waals surface area contributed by atoms with E-state index in [0.29, 0.717) is 18.6 Å². The molecule has 1 fully saturated rings. The molecule has 27 heavy (non-hydrogen) atoms. The second-order valence-corrected chi connectivity index (χ2v) is 6.77. The molecule has 1 saturated heterocycles. The third-order valence-electron chi connectivity index (χ3n) is 4.94. The number of aromatic nitrogens is 2. The van der Waals surface area contributed by atoms with Gasteiger partial charge in [-0.1, -0.05) is 12.1 Å². The van der Waals surface area contributed by atoms with Crippen LogP contribution in [0.25, 0.3) is 17.1 Å². The van der Waals surface area contributed by atoms with Crippen molar-refractivity contribution in [2.75, 3.05) is 13.1 Å². The zero-order valence-corrected chi connectivity index (χ0v) is 14.7. The van der Waals surface area contributed by atoms with Crippen LogP contribution in [-0.2, 0) is 4.79 Å². The van der Waals surface area contributed by atoms with E-state index in [1.54, 1.807) is 29.2 Å². The lowest BCUT2D eigenvalue weighted by atomic mass is 9.96. The Hall–Kier alpha value is -3.02. The zero-order chi connectivity index (χ0) is 18.8. The molecular weight excluding hydrogens is 348 g/mol. The van der Waals surface area contributed by atoms with E-state index in [0.717, 1.165) is 29.7 Å². The van der Waals surface area contributed by atoms with Crippen LogP contribution in [0.5, 0.6) is 0 Å². The van der Waals surface area contributed by atoms with Crippen molar-refractivity contribution in [3.8, 4) is 0 Å². The highest BCUT2D eigenvalue weighted by Gasteiger charge is 2.24. The minimum Gasteiger partial charge on any atom is -0.342 e. The monoisotopic (exact) mass is 367 g/mol.